The van der Waals surface area contributed by atoms with Crippen molar-refractivity contribution >= 4 is 11.8 Å². The van der Waals surface area contributed by atoms with Crippen LogP contribution in [-0.2, 0) is 21.3 Å². The van der Waals surface area contributed by atoms with E-state index < -0.39 is 5.91 Å². The molecule has 0 aliphatic heterocycles. The summed E-state index contributed by atoms with van der Waals surface area (Å²) in [4.78, 5) is 12.6. The molecule has 2 aromatic rings. The molecule has 1 aromatic heterocycles. The lowest BCUT2D eigenvalue weighted by molar-refractivity contribution is 0.0931. The molecular weight excluding hydrogens is 384 g/mol. The van der Waals surface area contributed by atoms with Crippen LogP contribution in [0.3, 0.4) is 0 Å². The number of carbonyl (C=O) groups excluding carboxylic acids is 1. The average molecular weight is 412 g/mol. The van der Waals surface area contributed by atoms with Gasteiger partial charge in [0.15, 0.2) is 5.76 Å². The number of furan rings is 1. The predicted molar refractivity (Wildman–Crippen MR) is 113 cm³/mol. The number of allylic oxidation sites excluding steroid dienone is 1. The second kappa shape index (κ2) is 8.26. The summed E-state index contributed by atoms with van der Waals surface area (Å²) in [5.41, 5.74) is 3.90. The molecule has 0 spiro atoms. The van der Waals surface area contributed by atoms with Gasteiger partial charge in [0.05, 0.1) is 14.2 Å². The van der Waals surface area contributed by atoms with E-state index in [9.17, 15) is 4.79 Å². The van der Waals surface area contributed by atoms with Crippen LogP contribution in [0.1, 0.15) is 54.4 Å². The van der Waals surface area contributed by atoms with Crippen LogP contribution in [0, 0.1) is 12.3 Å². The Morgan fingerprint density at radius 2 is 1.93 bits per heavy atom. The van der Waals surface area contributed by atoms with Crippen LogP contribution in [0.2, 0.25) is 0 Å². The molecule has 0 atom stereocenters. The van der Waals surface area contributed by atoms with Crippen LogP contribution >= 0.6 is 0 Å². The van der Waals surface area contributed by atoms with Gasteiger partial charge in [-0.1, -0.05) is 19.9 Å². The van der Waals surface area contributed by atoms with E-state index >= 15 is 0 Å². The average Bonchev–Trinajstić information content (AvgIpc) is 3.30. The Morgan fingerprint density at radius 3 is 2.60 bits per heavy atom. The quantitative estimate of drug-likeness (QED) is 0.402. The number of ether oxygens (including phenoxy) is 3. The summed E-state index contributed by atoms with van der Waals surface area (Å²) in [5, 5.41) is 10.4. The normalized spacial score (nSPS) is 15.1. The molecule has 30 heavy (non-hydrogen) atoms. The van der Waals surface area contributed by atoms with E-state index in [-0.39, 0.29) is 28.7 Å². The maximum absolute atomic E-state index is 12.6. The highest BCUT2D eigenvalue weighted by molar-refractivity contribution is 6.00. The number of fused-ring (bicyclic) bond motifs is 1. The Labute approximate surface area is 176 Å². The van der Waals surface area contributed by atoms with Crippen LogP contribution in [-0.4, -0.2) is 26.0 Å². The fourth-order valence-corrected chi connectivity index (χ4v) is 3.57. The zero-order valence-electron chi connectivity index (χ0n) is 18.3. The molecule has 0 radical (unpaired) electrons. The number of rotatable bonds is 6. The molecule has 1 aliphatic carbocycles. The molecule has 0 unspecified atom stereocenters. The van der Waals surface area contributed by atoms with Gasteiger partial charge in [0.25, 0.3) is 11.9 Å². The van der Waals surface area contributed by atoms with Gasteiger partial charge in [-0.2, -0.15) is 0 Å². The number of hydrogen-bond acceptors (Lipinski definition) is 6. The first kappa shape index (κ1) is 21.5. The monoisotopic (exact) mass is 412 g/mol. The minimum Gasteiger partial charge on any atom is -0.499 e. The molecule has 1 amide bonds. The summed E-state index contributed by atoms with van der Waals surface area (Å²) in [5.74, 6) is 0.563. The summed E-state index contributed by atoms with van der Waals surface area (Å²) in [6.45, 7) is 8.09. The van der Waals surface area contributed by atoms with Crippen molar-refractivity contribution in [3.63, 3.8) is 0 Å². The molecule has 160 valence electrons. The number of hydrogen-bond donors (Lipinski definition) is 2. The van der Waals surface area contributed by atoms with Crippen molar-refractivity contribution < 1.29 is 23.4 Å². The third-order valence-corrected chi connectivity index (χ3v) is 5.49. The van der Waals surface area contributed by atoms with Gasteiger partial charge in [-0.3, -0.25) is 10.2 Å². The number of benzene rings is 1. The SMILES string of the molecule is COC(=N)/C(NC(=O)c1ccc(Oc2cc3c(cc2C)CCC3(C)C)o1)=C(\C)OC. The number of aryl methyl sites for hydroxylation is 2. The minimum atomic E-state index is -0.537. The van der Waals surface area contributed by atoms with Crippen LogP contribution in [0.15, 0.2) is 40.1 Å². The molecular formula is C23H28N2O5. The summed E-state index contributed by atoms with van der Waals surface area (Å²) in [7, 11) is 2.79. The van der Waals surface area contributed by atoms with Gasteiger partial charge in [-0.05, 0) is 60.9 Å². The third kappa shape index (κ3) is 4.20. The number of nitrogens with one attached hydrogen (secondary N) is 2. The molecule has 2 N–H and O–H groups in total. The Balaban J connectivity index is 1.79. The van der Waals surface area contributed by atoms with Gasteiger partial charge < -0.3 is 23.9 Å². The molecule has 0 bridgehead atoms. The number of amides is 1. The standard InChI is InChI=1S/C23H28N2O5/c1-13-11-15-9-10-23(3,4)16(15)12-18(13)30-19-8-7-17(29-19)22(26)25-20(14(2)27-5)21(24)28-6/h7-8,11-12,24H,9-10H2,1-6H3,(H,25,26)/b20-14-,24-21?. The van der Waals surface area contributed by atoms with E-state index in [2.05, 4.69) is 31.3 Å². The lowest BCUT2D eigenvalue weighted by atomic mass is 9.86. The second-order valence-electron chi connectivity index (χ2n) is 8.00. The Kier molecular flexibility index (Phi) is 5.92. The van der Waals surface area contributed by atoms with Crippen LogP contribution in [0.5, 0.6) is 11.7 Å². The molecule has 1 aliphatic rings. The molecule has 7 nitrogen and oxygen atoms in total. The van der Waals surface area contributed by atoms with E-state index in [0.717, 1.165) is 18.4 Å². The summed E-state index contributed by atoms with van der Waals surface area (Å²) in [6.07, 6.45) is 2.19. The second-order valence-corrected chi connectivity index (χ2v) is 8.00. The van der Waals surface area contributed by atoms with E-state index in [1.807, 2.05) is 6.92 Å². The van der Waals surface area contributed by atoms with Crippen molar-refractivity contribution in [2.45, 2.75) is 46.0 Å². The van der Waals surface area contributed by atoms with E-state index in [4.69, 9.17) is 24.0 Å². The van der Waals surface area contributed by atoms with Crippen molar-refractivity contribution in [3.8, 4) is 11.7 Å². The molecule has 1 heterocycles. The van der Waals surface area contributed by atoms with Crippen LogP contribution in [0.25, 0.3) is 0 Å². The van der Waals surface area contributed by atoms with E-state index in [1.165, 1.54) is 31.4 Å². The molecule has 0 saturated heterocycles. The molecule has 7 heteroatoms. The van der Waals surface area contributed by atoms with Gasteiger partial charge in [-0.25, -0.2) is 0 Å². The predicted octanol–water partition coefficient (Wildman–Crippen LogP) is 4.84. The van der Waals surface area contributed by atoms with Crippen LogP contribution < -0.4 is 10.1 Å². The first-order valence-corrected chi connectivity index (χ1v) is 9.77. The topological polar surface area (TPSA) is 93.8 Å². The zero-order chi connectivity index (χ0) is 22.1. The van der Waals surface area contributed by atoms with Crippen LogP contribution in [0.4, 0.5) is 0 Å². The van der Waals surface area contributed by atoms with Gasteiger partial charge in [0.1, 0.15) is 17.2 Å². The van der Waals surface area contributed by atoms with Crippen molar-refractivity contribution in [3.05, 3.63) is 58.2 Å². The highest BCUT2D eigenvalue weighted by atomic mass is 16.6. The summed E-state index contributed by atoms with van der Waals surface area (Å²) in [6, 6.07) is 7.36. The summed E-state index contributed by atoms with van der Waals surface area (Å²) < 4.78 is 21.6. The minimum absolute atomic E-state index is 0.0504. The Bertz CT molecular complexity index is 1020. The van der Waals surface area contributed by atoms with Crippen molar-refractivity contribution in [2.75, 3.05) is 14.2 Å². The van der Waals surface area contributed by atoms with E-state index in [1.54, 1.807) is 13.0 Å². The maximum Gasteiger partial charge on any atom is 0.291 e. The summed E-state index contributed by atoms with van der Waals surface area (Å²) >= 11 is 0. The van der Waals surface area contributed by atoms with Gasteiger partial charge in [0.2, 0.25) is 5.90 Å². The maximum atomic E-state index is 12.6. The number of carbonyl (C=O) groups is 1. The van der Waals surface area contributed by atoms with Gasteiger partial charge in [-0.15, -0.1) is 0 Å². The fraction of sp³-hybridized carbons (Fsp3) is 0.391. The van der Waals surface area contributed by atoms with Crippen molar-refractivity contribution in [1.82, 2.24) is 5.32 Å². The Hall–Kier alpha value is -3.22. The fourth-order valence-electron chi connectivity index (χ4n) is 3.57. The first-order chi connectivity index (χ1) is 14.2. The zero-order valence-corrected chi connectivity index (χ0v) is 18.3. The number of methoxy groups -OCH3 is 2. The lowest BCUT2D eigenvalue weighted by Crippen LogP contribution is -2.29. The highest BCUT2D eigenvalue weighted by Gasteiger charge is 2.31. The molecule has 3 rings (SSSR count). The van der Waals surface area contributed by atoms with E-state index in [0.29, 0.717) is 11.5 Å². The van der Waals surface area contributed by atoms with Gasteiger partial charge in [0, 0.05) is 6.07 Å². The third-order valence-electron chi connectivity index (χ3n) is 5.49. The smallest absolute Gasteiger partial charge is 0.291 e. The first-order valence-electron chi connectivity index (χ1n) is 9.77. The lowest BCUT2D eigenvalue weighted by Gasteiger charge is -2.20. The van der Waals surface area contributed by atoms with Crippen molar-refractivity contribution in [1.29, 1.82) is 5.41 Å². The molecule has 0 fully saturated rings. The Morgan fingerprint density at radius 1 is 1.20 bits per heavy atom. The highest BCUT2D eigenvalue weighted by Crippen LogP contribution is 2.42. The molecule has 1 aromatic carbocycles. The molecule has 0 saturated carbocycles. The van der Waals surface area contributed by atoms with Gasteiger partial charge >= 0.3 is 0 Å². The largest absolute Gasteiger partial charge is 0.499 e. The van der Waals surface area contributed by atoms with Crippen molar-refractivity contribution in [2.24, 2.45) is 0 Å².